The minimum atomic E-state index is -0.784. The summed E-state index contributed by atoms with van der Waals surface area (Å²) in [4.78, 5) is 12.1. The van der Waals surface area contributed by atoms with Gasteiger partial charge in [0.05, 0.1) is 6.85 Å². The Morgan fingerprint density at radius 3 is 2.17 bits per heavy atom. The zero-order valence-electron chi connectivity index (χ0n) is 12.4. The molecule has 1 nitrogen and oxygen atoms in total. The monoisotopic (exact) mass is 167 g/mol. The second-order valence-electron chi connectivity index (χ2n) is 3.58. The summed E-state index contributed by atoms with van der Waals surface area (Å²) in [6, 6.07) is -2.30. The number of hydrogen-bond acceptors (Lipinski definition) is 1. The van der Waals surface area contributed by atoms with E-state index in [0.29, 0.717) is 0 Å². The van der Waals surface area contributed by atoms with Crippen LogP contribution in [0, 0.1) is 5.41 Å². The average Bonchev–Trinajstić information content (AvgIpc) is 2.22. The summed E-state index contributed by atoms with van der Waals surface area (Å²) in [5.74, 6) is -0.450. The van der Waals surface area contributed by atoms with Gasteiger partial charge in [-0.15, -0.1) is 0 Å². The largest absolute Gasteiger partial charge is 0.294 e. The maximum Gasteiger partial charge on any atom is 0.168 e. The maximum absolute atomic E-state index is 12.1. The minimum absolute atomic E-state index is 0.233. The smallest absolute Gasteiger partial charge is 0.168 e. The summed E-state index contributed by atoms with van der Waals surface area (Å²) in [5, 5.41) is 0. The third kappa shape index (κ3) is 1.94. The molecule has 0 saturated carbocycles. The summed E-state index contributed by atoms with van der Waals surface area (Å²) < 4.78 is 37.7. The predicted molar refractivity (Wildman–Crippen MR) is 50.2 cm³/mol. The quantitative estimate of drug-likeness (QED) is 0.588. The van der Waals surface area contributed by atoms with E-state index in [4.69, 9.17) is 6.85 Å². The molecule has 0 aliphatic carbocycles. The minimum Gasteiger partial charge on any atom is -0.294 e. The van der Waals surface area contributed by atoms with Crippen molar-refractivity contribution in [2.24, 2.45) is 5.41 Å². The second kappa shape index (κ2) is 3.10. The zero-order chi connectivity index (χ0) is 13.5. The van der Waals surface area contributed by atoms with Gasteiger partial charge in [-0.25, -0.2) is 0 Å². The van der Waals surface area contributed by atoms with E-state index in [-0.39, 0.29) is 5.56 Å². The molecule has 0 amide bonds. The van der Waals surface area contributed by atoms with E-state index in [2.05, 4.69) is 0 Å². The highest BCUT2D eigenvalue weighted by Crippen LogP contribution is 2.19. The Kier molecular flexibility index (Phi) is 1.09. The van der Waals surface area contributed by atoms with Crippen LogP contribution < -0.4 is 0 Å². The fourth-order valence-electron chi connectivity index (χ4n) is 0.739. The van der Waals surface area contributed by atoms with Gasteiger partial charge in [0.15, 0.2) is 5.78 Å². The van der Waals surface area contributed by atoms with Crippen molar-refractivity contribution in [3.8, 4) is 0 Å². The molecular weight excluding hydrogens is 148 g/mol. The summed E-state index contributed by atoms with van der Waals surface area (Å²) in [6.07, 6.45) is 0. The number of Topliss-reactive ketones (excluding diaryl/α,β-unsaturated/α-hetero) is 1. The van der Waals surface area contributed by atoms with E-state index in [1.54, 1.807) is 20.8 Å². The van der Waals surface area contributed by atoms with Crippen LogP contribution in [0.25, 0.3) is 0 Å². The Hall–Kier alpha value is -1.11. The lowest BCUT2D eigenvalue weighted by molar-refractivity contribution is 0.0858. The van der Waals surface area contributed by atoms with Gasteiger partial charge >= 0.3 is 0 Å². The fourth-order valence-corrected chi connectivity index (χ4v) is 0.739. The normalized spacial score (nSPS) is 17.1. The van der Waals surface area contributed by atoms with Gasteiger partial charge in [0.2, 0.25) is 0 Å². The van der Waals surface area contributed by atoms with Crippen LogP contribution in [0.15, 0.2) is 30.2 Å². The van der Waals surface area contributed by atoms with Gasteiger partial charge in [0.25, 0.3) is 0 Å². The molecular formula is C11H14O. The van der Waals surface area contributed by atoms with Crippen molar-refractivity contribution in [3.05, 3.63) is 35.8 Å². The molecule has 1 heteroatoms. The van der Waals surface area contributed by atoms with Gasteiger partial charge in [-0.3, -0.25) is 4.79 Å². The van der Waals surface area contributed by atoms with Crippen LogP contribution in [0.3, 0.4) is 0 Å². The highest BCUT2D eigenvalue weighted by atomic mass is 16.1. The first-order valence-electron chi connectivity index (χ1n) is 6.20. The molecule has 0 heterocycles. The van der Waals surface area contributed by atoms with Gasteiger partial charge < -0.3 is 0 Å². The Labute approximate surface area is 80.4 Å². The van der Waals surface area contributed by atoms with Crippen LogP contribution in [-0.4, -0.2) is 5.78 Å². The van der Waals surface area contributed by atoms with E-state index in [0.717, 1.165) is 0 Å². The van der Waals surface area contributed by atoms with Gasteiger partial charge in [-0.1, -0.05) is 51.0 Å². The standard InChI is InChI=1S/C11H14O/c1-11(2,3)10(12)9-7-5-4-6-8-9/h4-8H,1-3H3/i4D,5D,6D,7D,8D. The van der Waals surface area contributed by atoms with E-state index < -0.39 is 41.4 Å². The van der Waals surface area contributed by atoms with E-state index in [1.165, 1.54) is 0 Å². The third-order valence-electron chi connectivity index (χ3n) is 1.41. The number of benzene rings is 1. The Morgan fingerprint density at radius 2 is 1.75 bits per heavy atom. The molecule has 64 valence electrons. The highest BCUT2D eigenvalue weighted by Gasteiger charge is 2.21. The molecule has 12 heavy (non-hydrogen) atoms. The molecule has 0 bridgehead atoms. The van der Waals surface area contributed by atoms with Gasteiger partial charge in [-0.2, -0.15) is 0 Å². The van der Waals surface area contributed by atoms with Gasteiger partial charge in [-0.05, 0) is 0 Å². The van der Waals surface area contributed by atoms with E-state index in [1.807, 2.05) is 0 Å². The van der Waals surface area contributed by atoms with Gasteiger partial charge in [0.1, 0.15) is 0 Å². The molecule has 0 spiro atoms. The topological polar surface area (TPSA) is 17.1 Å². The van der Waals surface area contributed by atoms with Crippen LogP contribution in [0.5, 0.6) is 0 Å². The maximum atomic E-state index is 12.1. The summed E-state index contributed by atoms with van der Waals surface area (Å²) in [7, 11) is 0. The average molecular weight is 167 g/mol. The summed E-state index contributed by atoms with van der Waals surface area (Å²) >= 11 is 0. The zero-order valence-corrected chi connectivity index (χ0v) is 7.41. The van der Waals surface area contributed by atoms with Crippen LogP contribution in [0.4, 0.5) is 0 Å². The summed E-state index contributed by atoms with van der Waals surface area (Å²) in [6.45, 7) is 4.95. The summed E-state index contributed by atoms with van der Waals surface area (Å²) in [5.41, 5.74) is -1.02. The second-order valence-corrected chi connectivity index (χ2v) is 3.58. The van der Waals surface area contributed by atoms with Crippen LogP contribution in [0.1, 0.15) is 38.0 Å². The molecule has 0 aromatic heterocycles. The molecule has 1 aromatic rings. The van der Waals surface area contributed by atoms with Crippen molar-refractivity contribution < 1.29 is 11.6 Å². The molecule has 0 unspecified atom stereocenters. The molecule has 0 atom stereocenters. The predicted octanol–water partition coefficient (Wildman–Crippen LogP) is 2.92. The molecule has 0 fully saturated rings. The number of rotatable bonds is 1. The number of carbonyl (C=O) groups excluding carboxylic acids is 1. The number of ketones is 1. The van der Waals surface area contributed by atoms with Crippen molar-refractivity contribution in [1.29, 1.82) is 0 Å². The van der Waals surface area contributed by atoms with Crippen molar-refractivity contribution in [3.63, 3.8) is 0 Å². The van der Waals surface area contributed by atoms with Crippen molar-refractivity contribution in [2.45, 2.75) is 20.8 Å². The van der Waals surface area contributed by atoms with Crippen molar-refractivity contribution >= 4 is 5.78 Å². The first-order valence-corrected chi connectivity index (χ1v) is 3.70. The fraction of sp³-hybridized carbons (Fsp3) is 0.364. The molecule has 0 radical (unpaired) electrons. The number of carbonyl (C=O) groups is 1. The molecule has 1 aromatic carbocycles. The number of hydrogen-bond donors (Lipinski definition) is 0. The van der Waals surface area contributed by atoms with E-state index >= 15 is 0 Å². The van der Waals surface area contributed by atoms with E-state index in [9.17, 15) is 4.79 Å². The van der Waals surface area contributed by atoms with Crippen molar-refractivity contribution in [2.75, 3.05) is 0 Å². The highest BCUT2D eigenvalue weighted by molar-refractivity contribution is 5.99. The Balaban J connectivity index is 3.62. The van der Waals surface area contributed by atoms with Crippen LogP contribution in [-0.2, 0) is 0 Å². The van der Waals surface area contributed by atoms with Gasteiger partial charge in [0, 0.05) is 11.0 Å². The lowest BCUT2D eigenvalue weighted by atomic mass is 9.87. The first kappa shape index (κ1) is 4.22. The lowest BCUT2D eigenvalue weighted by Crippen LogP contribution is -2.19. The Bertz CT molecular complexity index is 459. The van der Waals surface area contributed by atoms with Crippen LogP contribution >= 0.6 is 0 Å². The third-order valence-corrected chi connectivity index (χ3v) is 1.41. The molecule has 0 aliphatic heterocycles. The Morgan fingerprint density at radius 1 is 1.25 bits per heavy atom. The lowest BCUT2D eigenvalue weighted by Gasteiger charge is -2.16. The molecule has 0 aliphatic rings. The molecule has 1 rings (SSSR count). The first-order chi connectivity index (χ1) is 7.59. The molecule has 0 saturated heterocycles. The van der Waals surface area contributed by atoms with Crippen molar-refractivity contribution in [1.82, 2.24) is 0 Å². The molecule has 0 N–H and O–H groups in total. The van der Waals surface area contributed by atoms with Crippen LogP contribution in [0.2, 0.25) is 0 Å². The SMILES string of the molecule is [2H]c1c([2H])c([2H])c(C(=O)C(C)(C)C)c([2H])c1[2H].